The van der Waals surface area contributed by atoms with Gasteiger partial charge in [-0.15, -0.1) is 0 Å². The minimum Gasteiger partial charge on any atom is -0.457 e. The van der Waals surface area contributed by atoms with Crippen LogP contribution in [0.5, 0.6) is 0 Å². The molecule has 0 heterocycles. The Morgan fingerprint density at radius 3 is 2.12 bits per heavy atom. The fourth-order valence-electron chi connectivity index (χ4n) is 1.49. The van der Waals surface area contributed by atoms with E-state index in [4.69, 9.17) is 9.47 Å². The molecule has 4 atom stereocenters. The lowest BCUT2D eigenvalue weighted by Crippen LogP contribution is -2.48. The molecule has 1 aliphatic carbocycles. The molecule has 0 saturated carbocycles. The molecular formula is C10H11Br2IO4. The zero-order valence-electron chi connectivity index (χ0n) is 9.15. The van der Waals surface area contributed by atoms with Gasteiger partial charge in [0.05, 0.1) is 9.65 Å². The lowest BCUT2D eigenvalue weighted by molar-refractivity contribution is -0.164. The van der Waals surface area contributed by atoms with E-state index < -0.39 is 24.1 Å². The minimum atomic E-state index is -0.530. The average molecular weight is 482 g/mol. The highest BCUT2D eigenvalue weighted by Crippen LogP contribution is 2.36. The van der Waals surface area contributed by atoms with Gasteiger partial charge in [-0.3, -0.25) is 9.59 Å². The summed E-state index contributed by atoms with van der Waals surface area (Å²) >= 11 is 9.01. The van der Waals surface area contributed by atoms with E-state index in [0.29, 0.717) is 0 Å². The molecule has 0 bridgehead atoms. The van der Waals surface area contributed by atoms with Gasteiger partial charge >= 0.3 is 11.9 Å². The van der Waals surface area contributed by atoms with E-state index in [1.54, 1.807) is 0 Å². The molecule has 0 amide bonds. The second-order valence-corrected chi connectivity index (χ2v) is 6.84. The van der Waals surface area contributed by atoms with Crippen LogP contribution in [-0.2, 0) is 19.1 Å². The number of rotatable bonds is 2. The first-order valence-electron chi connectivity index (χ1n) is 4.82. The van der Waals surface area contributed by atoms with Crippen LogP contribution in [0, 0.1) is 0 Å². The predicted octanol–water partition coefficient (Wildman–Crippen LogP) is 2.71. The number of halogens is 3. The molecule has 0 saturated heterocycles. The maximum absolute atomic E-state index is 11.1. The third-order valence-electron chi connectivity index (χ3n) is 2.11. The van der Waals surface area contributed by atoms with Crippen molar-refractivity contribution < 1.29 is 19.1 Å². The zero-order chi connectivity index (χ0) is 13.2. The van der Waals surface area contributed by atoms with E-state index in [1.165, 1.54) is 13.8 Å². The highest BCUT2D eigenvalue weighted by Gasteiger charge is 2.42. The van der Waals surface area contributed by atoms with Crippen molar-refractivity contribution in [1.82, 2.24) is 0 Å². The maximum atomic E-state index is 11.1. The summed E-state index contributed by atoms with van der Waals surface area (Å²) in [5, 5.41) is 0. The molecule has 0 unspecified atom stereocenters. The van der Waals surface area contributed by atoms with Gasteiger partial charge in [0.2, 0.25) is 0 Å². The van der Waals surface area contributed by atoms with E-state index >= 15 is 0 Å². The predicted molar refractivity (Wildman–Crippen MR) is 78.6 cm³/mol. The van der Waals surface area contributed by atoms with Crippen molar-refractivity contribution in [3.63, 3.8) is 0 Å². The fraction of sp³-hybridized carbons (Fsp3) is 0.600. The van der Waals surface area contributed by atoms with Gasteiger partial charge in [-0.05, 0) is 22.6 Å². The molecule has 0 aliphatic heterocycles. The van der Waals surface area contributed by atoms with Gasteiger partial charge in [0.1, 0.15) is 0 Å². The molecule has 0 N–H and O–H groups in total. The highest BCUT2D eigenvalue weighted by atomic mass is 127. The van der Waals surface area contributed by atoms with Crippen LogP contribution in [0.25, 0.3) is 0 Å². The Morgan fingerprint density at radius 1 is 1.18 bits per heavy atom. The van der Waals surface area contributed by atoms with Crippen LogP contribution in [-0.4, -0.2) is 33.8 Å². The molecule has 4 nitrogen and oxygen atoms in total. The number of carbonyl (C=O) groups is 2. The second-order valence-electron chi connectivity index (χ2n) is 3.55. The van der Waals surface area contributed by atoms with Crippen LogP contribution < -0.4 is 0 Å². The van der Waals surface area contributed by atoms with Crippen molar-refractivity contribution in [2.75, 3.05) is 0 Å². The number of alkyl halides is 2. The molecule has 0 aromatic rings. The van der Waals surface area contributed by atoms with Crippen LogP contribution in [0.4, 0.5) is 0 Å². The summed E-state index contributed by atoms with van der Waals surface area (Å²) in [6.45, 7) is 2.66. The molecule has 0 radical (unpaired) electrons. The third kappa shape index (κ3) is 4.20. The zero-order valence-corrected chi connectivity index (χ0v) is 14.5. The summed E-state index contributed by atoms with van der Waals surface area (Å²) in [6.07, 6.45) is 0.866. The number of esters is 2. The molecular weight excluding hydrogens is 471 g/mol. The van der Waals surface area contributed by atoms with Crippen LogP contribution >= 0.6 is 54.5 Å². The Balaban J connectivity index is 2.95. The van der Waals surface area contributed by atoms with Gasteiger partial charge in [-0.1, -0.05) is 37.9 Å². The number of hydrogen-bond acceptors (Lipinski definition) is 4. The first kappa shape index (κ1) is 15.4. The summed E-state index contributed by atoms with van der Waals surface area (Å²) in [4.78, 5) is 21.8. The van der Waals surface area contributed by atoms with Crippen molar-refractivity contribution in [3.05, 3.63) is 9.66 Å². The first-order chi connectivity index (χ1) is 7.82. The SMILES string of the molecule is CC(=O)O[C@@H]1[C@H](OC(C)=O)[C@@H](Br)C(I)=C[C@H]1Br. The summed E-state index contributed by atoms with van der Waals surface area (Å²) < 4.78 is 11.4. The summed E-state index contributed by atoms with van der Waals surface area (Å²) in [5.74, 6) is -0.802. The van der Waals surface area contributed by atoms with Gasteiger partial charge in [-0.2, -0.15) is 0 Å². The van der Waals surface area contributed by atoms with E-state index in [9.17, 15) is 9.59 Å². The van der Waals surface area contributed by atoms with Gasteiger partial charge in [0.15, 0.2) is 12.2 Å². The fourth-order valence-corrected chi connectivity index (χ4v) is 3.98. The normalized spacial score (nSPS) is 32.6. The monoisotopic (exact) mass is 480 g/mol. The largest absolute Gasteiger partial charge is 0.457 e. The Morgan fingerprint density at radius 2 is 1.65 bits per heavy atom. The molecule has 17 heavy (non-hydrogen) atoms. The Labute approximate surface area is 130 Å². The Hall–Kier alpha value is 0.370. The van der Waals surface area contributed by atoms with Crippen molar-refractivity contribution in [2.24, 2.45) is 0 Å². The average Bonchev–Trinajstić information content (AvgIpc) is 2.19. The molecule has 0 spiro atoms. The van der Waals surface area contributed by atoms with Gasteiger partial charge < -0.3 is 9.47 Å². The molecule has 0 fully saturated rings. The van der Waals surface area contributed by atoms with Crippen molar-refractivity contribution >= 4 is 66.4 Å². The number of hydrogen-bond donors (Lipinski definition) is 0. The molecule has 1 rings (SSSR count). The Bertz CT molecular complexity index is 358. The van der Waals surface area contributed by atoms with Crippen LogP contribution in [0.1, 0.15) is 13.8 Å². The van der Waals surface area contributed by atoms with Crippen LogP contribution in [0.2, 0.25) is 0 Å². The lowest BCUT2D eigenvalue weighted by atomic mass is 10.0. The van der Waals surface area contributed by atoms with Crippen LogP contribution in [0.3, 0.4) is 0 Å². The van der Waals surface area contributed by atoms with Gasteiger partial charge in [0, 0.05) is 17.4 Å². The summed E-state index contributed by atoms with van der Waals surface area (Å²) in [5.41, 5.74) is 0. The molecule has 96 valence electrons. The molecule has 0 aromatic carbocycles. The van der Waals surface area contributed by atoms with E-state index in [-0.39, 0.29) is 9.65 Å². The Kier molecular flexibility index (Phi) is 5.91. The van der Waals surface area contributed by atoms with Gasteiger partial charge in [-0.25, -0.2) is 0 Å². The summed E-state index contributed by atoms with van der Waals surface area (Å²) in [7, 11) is 0. The lowest BCUT2D eigenvalue weighted by Gasteiger charge is -2.35. The standard InChI is InChI=1S/C10H11Br2IO4/c1-4(14)16-9-6(11)3-7(13)8(12)10(9)17-5(2)15/h3,6,8-10H,1-2H3/t6-,8+,9+,10-/m1/s1. The van der Waals surface area contributed by atoms with E-state index in [0.717, 1.165) is 3.58 Å². The molecule has 1 aliphatic rings. The number of carbonyl (C=O) groups excluding carboxylic acids is 2. The van der Waals surface area contributed by atoms with Crippen molar-refractivity contribution in [3.8, 4) is 0 Å². The van der Waals surface area contributed by atoms with Crippen molar-refractivity contribution in [2.45, 2.75) is 35.7 Å². The molecule has 7 heteroatoms. The number of ether oxygens (including phenoxy) is 2. The smallest absolute Gasteiger partial charge is 0.303 e. The second kappa shape index (κ2) is 6.51. The van der Waals surface area contributed by atoms with Crippen LogP contribution in [0.15, 0.2) is 9.66 Å². The topological polar surface area (TPSA) is 52.6 Å². The highest BCUT2D eigenvalue weighted by molar-refractivity contribution is 14.1. The first-order valence-corrected chi connectivity index (χ1v) is 7.73. The summed E-state index contributed by atoms with van der Waals surface area (Å²) in [6, 6.07) is 0. The third-order valence-corrected chi connectivity index (χ3v) is 5.80. The molecule has 0 aromatic heterocycles. The van der Waals surface area contributed by atoms with E-state index in [2.05, 4.69) is 54.5 Å². The maximum Gasteiger partial charge on any atom is 0.303 e. The van der Waals surface area contributed by atoms with Gasteiger partial charge in [0.25, 0.3) is 0 Å². The van der Waals surface area contributed by atoms with Crippen molar-refractivity contribution in [1.29, 1.82) is 0 Å². The quantitative estimate of drug-likeness (QED) is 0.346. The minimum absolute atomic E-state index is 0.162. The van der Waals surface area contributed by atoms with E-state index in [1.807, 2.05) is 6.08 Å².